The molecule has 2 N–H and O–H groups in total. The van der Waals surface area contributed by atoms with Crippen LogP contribution < -0.4 is 10.5 Å². The topological polar surface area (TPSA) is 40.2 Å². The summed E-state index contributed by atoms with van der Waals surface area (Å²) < 4.78 is 7.29. The van der Waals surface area contributed by atoms with E-state index in [1.165, 1.54) is 0 Å². The van der Waals surface area contributed by atoms with Gasteiger partial charge in [-0.25, -0.2) is 0 Å². The number of benzene rings is 1. The van der Waals surface area contributed by atoms with Crippen molar-refractivity contribution in [2.75, 3.05) is 12.8 Å². The molecule has 0 aliphatic carbocycles. The predicted octanol–water partition coefficient (Wildman–Crippen LogP) is 3.33. The number of methoxy groups -OCH3 is 1. The fourth-order valence-corrected chi connectivity index (χ4v) is 1.94. The molecule has 0 bridgehead atoms. The molecule has 1 aromatic heterocycles. The van der Waals surface area contributed by atoms with Gasteiger partial charge in [0.25, 0.3) is 0 Å². The Hall–Kier alpha value is -1.90. The molecule has 0 unspecified atom stereocenters. The van der Waals surface area contributed by atoms with Gasteiger partial charge in [-0.2, -0.15) is 0 Å². The highest BCUT2D eigenvalue weighted by atomic mass is 16.5. The van der Waals surface area contributed by atoms with Crippen molar-refractivity contribution >= 4 is 5.82 Å². The minimum Gasteiger partial charge on any atom is -0.497 e. The van der Waals surface area contributed by atoms with Crippen LogP contribution in [-0.2, 0) is 0 Å². The van der Waals surface area contributed by atoms with Crippen LogP contribution in [0, 0.1) is 0 Å². The van der Waals surface area contributed by atoms with E-state index in [2.05, 4.69) is 18.4 Å². The fourth-order valence-electron chi connectivity index (χ4n) is 1.94. The zero-order chi connectivity index (χ0) is 12.4. The van der Waals surface area contributed by atoms with Gasteiger partial charge in [0.05, 0.1) is 7.11 Å². The van der Waals surface area contributed by atoms with Crippen molar-refractivity contribution in [2.45, 2.75) is 19.9 Å². The van der Waals surface area contributed by atoms with Crippen LogP contribution in [0.3, 0.4) is 0 Å². The molecule has 0 aliphatic heterocycles. The summed E-state index contributed by atoms with van der Waals surface area (Å²) in [7, 11) is 1.67. The predicted molar refractivity (Wildman–Crippen MR) is 71.2 cm³/mol. The van der Waals surface area contributed by atoms with Crippen LogP contribution in [-0.4, -0.2) is 11.7 Å². The highest BCUT2D eigenvalue weighted by Crippen LogP contribution is 2.31. The average Bonchev–Trinajstić information content (AvgIpc) is 2.71. The Morgan fingerprint density at radius 2 is 2.00 bits per heavy atom. The molecule has 2 aromatic rings. The minimum atomic E-state index is 0.370. The molecule has 0 atom stereocenters. The van der Waals surface area contributed by atoms with Gasteiger partial charge in [-0.1, -0.05) is 12.1 Å². The van der Waals surface area contributed by atoms with E-state index in [-0.39, 0.29) is 0 Å². The summed E-state index contributed by atoms with van der Waals surface area (Å²) in [6.07, 6.45) is 2.02. The van der Waals surface area contributed by atoms with Crippen molar-refractivity contribution in [2.24, 2.45) is 0 Å². The Morgan fingerprint density at radius 3 is 2.59 bits per heavy atom. The third kappa shape index (κ3) is 2.13. The van der Waals surface area contributed by atoms with Gasteiger partial charge in [0.2, 0.25) is 0 Å². The smallest absolute Gasteiger partial charge is 0.119 e. The molecule has 17 heavy (non-hydrogen) atoms. The van der Waals surface area contributed by atoms with E-state index < -0.39 is 0 Å². The maximum Gasteiger partial charge on any atom is 0.119 e. The number of nitrogens with two attached hydrogens (primary N) is 1. The van der Waals surface area contributed by atoms with Gasteiger partial charge in [-0.3, -0.25) is 0 Å². The van der Waals surface area contributed by atoms with Crippen molar-refractivity contribution in [1.82, 2.24) is 4.57 Å². The van der Waals surface area contributed by atoms with E-state index in [4.69, 9.17) is 10.5 Å². The zero-order valence-corrected chi connectivity index (χ0v) is 10.5. The van der Waals surface area contributed by atoms with E-state index in [0.29, 0.717) is 6.04 Å². The fraction of sp³-hybridized carbons (Fsp3) is 0.286. The summed E-state index contributed by atoms with van der Waals surface area (Å²) in [4.78, 5) is 0. The highest BCUT2D eigenvalue weighted by Gasteiger charge is 2.10. The van der Waals surface area contributed by atoms with E-state index in [1.54, 1.807) is 7.11 Å². The number of hydrogen-bond donors (Lipinski definition) is 1. The lowest BCUT2D eigenvalue weighted by molar-refractivity contribution is 0.415. The SMILES string of the molecule is COc1cccc(-c2ccn(C(C)C)c2N)c1. The Labute approximate surface area is 102 Å². The zero-order valence-electron chi connectivity index (χ0n) is 10.5. The number of ether oxygens (including phenoxy) is 1. The lowest BCUT2D eigenvalue weighted by atomic mass is 10.1. The second-order valence-corrected chi connectivity index (χ2v) is 4.35. The summed E-state index contributed by atoms with van der Waals surface area (Å²) in [5, 5.41) is 0. The van der Waals surface area contributed by atoms with Crippen molar-refractivity contribution < 1.29 is 4.74 Å². The molecule has 0 radical (unpaired) electrons. The first-order valence-electron chi connectivity index (χ1n) is 5.74. The molecule has 0 amide bonds. The van der Waals surface area contributed by atoms with Gasteiger partial charge in [0.1, 0.15) is 11.6 Å². The van der Waals surface area contributed by atoms with Gasteiger partial charge < -0.3 is 15.0 Å². The highest BCUT2D eigenvalue weighted by molar-refractivity contribution is 5.75. The quantitative estimate of drug-likeness (QED) is 0.878. The summed E-state index contributed by atoms with van der Waals surface area (Å²) >= 11 is 0. The number of nitrogen functional groups attached to an aromatic ring is 1. The Morgan fingerprint density at radius 1 is 1.24 bits per heavy atom. The number of anilines is 1. The first-order valence-corrected chi connectivity index (χ1v) is 5.74. The molecule has 0 saturated carbocycles. The van der Waals surface area contributed by atoms with E-state index >= 15 is 0 Å². The van der Waals surface area contributed by atoms with Crippen molar-refractivity contribution in [3.8, 4) is 16.9 Å². The van der Waals surface area contributed by atoms with Crippen molar-refractivity contribution in [3.05, 3.63) is 36.5 Å². The largest absolute Gasteiger partial charge is 0.497 e. The summed E-state index contributed by atoms with van der Waals surface area (Å²) in [5.41, 5.74) is 8.29. The van der Waals surface area contributed by atoms with Gasteiger partial charge in [0, 0.05) is 17.8 Å². The lowest BCUT2D eigenvalue weighted by Crippen LogP contribution is -2.04. The van der Waals surface area contributed by atoms with Crippen molar-refractivity contribution in [3.63, 3.8) is 0 Å². The third-order valence-corrected chi connectivity index (χ3v) is 2.89. The molecular formula is C14H18N2O. The van der Waals surface area contributed by atoms with Gasteiger partial charge in [-0.05, 0) is 37.6 Å². The average molecular weight is 230 g/mol. The molecule has 0 spiro atoms. The first-order chi connectivity index (χ1) is 8.13. The molecule has 2 rings (SSSR count). The second kappa shape index (κ2) is 4.53. The third-order valence-electron chi connectivity index (χ3n) is 2.89. The number of rotatable bonds is 3. The lowest BCUT2D eigenvalue weighted by Gasteiger charge is -2.11. The minimum absolute atomic E-state index is 0.370. The van der Waals surface area contributed by atoms with Crippen LogP contribution in [0.25, 0.3) is 11.1 Å². The van der Waals surface area contributed by atoms with Crippen LogP contribution in [0.5, 0.6) is 5.75 Å². The number of aromatic nitrogens is 1. The van der Waals surface area contributed by atoms with E-state index in [1.807, 2.05) is 36.5 Å². The van der Waals surface area contributed by atoms with Crippen LogP contribution in [0.4, 0.5) is 5.82 Å². The summed E-state index contributed by atoms with van der Waals surface area (Å²) in [6, 6.07) is 10.4. The van der Waals surface area contributed by atoms with Crippen LogP contribution >= 0.6 is 0 Å². The molecule has 0 aliphatic rings. The number of nitrogens with zero attached hydrogens (tertiary/aromatic N) is 1. The van der Waals surface area contributed by atoms with Crippen LogP contribution in [0.2, 0.25) is 0 Å². The van der Waals surface area contributed by atoms with Gasteiger partial charge in [0.15, 0.2) is 0 Å². The van der Waals surface area contributed by atoms with Crippen molar-refractivity contribution in [1.29, 1.82) is 0 Å². The molecule has 3 nitrogen and oxygen atoms in total. The molecule has 0 saturated heterocycles. The Bertz CT molecular complexity index is 515. The summed E-state index contributed by atoms with van der Waals surface area (Å²) in [5.74, 6) is 1.65. The number of hydrogen-bond acceptors (Lipinski definition) is 2. The molecule has 1 heterocycles. The van der Waals surface area contributed by atoms with E-state index in [9.17, 15) is 0 Å². The van der Waals surface area contributed by atoms with Gasteiger partial charge >= 0.3 is 0 Å². The maximum absolute atomic E-state index is 6.15. The van der Waals surface area contributed by atoms with Crippen LogP contribution in [0.15, 0.2) is 36.5 Å². The van der Waals surface area contributed by atoms with Gasteiger partial charge in [-0.15, -0.1) is 0 Å². The molecule has 0 fully saturated rings. The monoisotopic (exact) mass is 230 g/mol. The molecule has 3 heteroatoms. The molecule has 1 aromatic carbocycles. The molecular weight excluding hydrogens is 212 g/mol. The normalized spacial score (nSPS) is 10.8. The Balaban J connectivity index is 2.46. The standard InChI is InChI=1S/C14H18N2O/c1-10(2)16-8-7-13(14(16)15)11-5-4-6-12(9-11)17-3/h4-10H,15H2,1-3H3. The molecule has 90 valence electrons. The van der Waals surface area contributed by atoms with Crippen LogP contribution in [0.1, 0.15) is 19.9 Å². The Kier molecular flexibility index (Phi) is 3.09. The summed E-state index contributed by atoms with van der Waals surface area (Å²) in [6.45, 7) is 4.23. The second-order valence-electron chi connectivity index (χ2n) is 4.35. The van der Waals surface area contributed by atoms with E-state index in [0.717, 1.165) is 22.7 Å². The first kappa shape index (κ1) is 11.6. The maximum atomic E-state index is 6.15.